The highest BCUT2D eigenvalue weighted by atomic mass is 35.5. The Morgan fingerprint density at radius 3 is 2.16 bits per heavy atom. The molecule has 106 valence electrons. The molecule has 3 nitrogen and oxygen atoms in total. The highest BCUT2D eigenvalue weighted by Gasteiger charge is 2.26. The highest BCUT2D eigenvalue weighted by Crippen LogP contribution is 2.56. The molecule has 1 aromatic carbocycles. The van der Waals surface area contributed by atoms with Crippen LogP contribution in [-0.4, -0.2) is 25.0 Å². The molecule has 0 aliphatic heterocycles. The van der Waals surface area contributed by atoms with E-state index in [-0.39, 0.29) is 25.0 Å². The topological polar surface area (TPSA) is 35.5 Å². The van der Waals surface area contributed by atoms with Gasteiger partial charge in [0.25, 0.3) is 0 Å². The number of alkyl halides is 2. The molecule has 0 aliphatic carbocycles. The summed E-state index contributed by atoms with van der Waals surface area (Å²) in [5.74, 6) is 0.514. The van der Waals surface area contributed by atoms with Gasteiger partial charge in [-0.05, 0) is 18.6 Å². The summed E-state index contributed by atoms with van der Waals surface area (Å²) in [7, 11) is -3.32. The molecule has 0 amide bonds. The lowest BCUT2D eigenvalue weighted by molar-refractivity contribution is 0.228. The molecule has 0 unspecified atom stereocenters. The zero-order valence-electron chi connectivity index (χ0n) is 10.7. The Morgan fingerprint density at radius 1 is 1.16 bits per heavy atom. The Morgan fingerprint density at radius 2 is 1.68 bits per heavy atom. The number of rotatable bonds is 8. The van der Waals surface area contributed by atoms with Gasteiger partial charge in [0, 0.05) is 17.1 Å². The van der Waals surface area contributed by atoms with Crippen LogP contribution in [-0.2, 0) is 13.6 Å². The van der Waals surface area contributed by atoms with Gasteiger partial charge in [-0.25, -0.2) is 0 Å². The maximum absolute atomic E-state index is 12.6. The van der Waals surface area contributed by atoms with Crippen molar-refractivity contribution >= 4 is 36.9 Å². The zero-order valence-corrected chi connectivity index (χ0v) is 13.1. The molecule has 0 saturated heterocycles. The largest absolute Gasteiger partial charge is 0.357 e. The molecule has 0 aromatic heterocycles. The van der Waals surface area contributed by atoms with Gasteiger partial charge in [-0.2, -0.15) is 0 Å². The first-order valence-corrected chi connectivity index (χ1v) is 8.48. The fourth-order valence-corrected chi connectivity index (χ4v) is 3.24. The summed E-state index contributed by atoms with van der Waals surface area (Å²) in [5.41, 5.74) is 0.934. The summed E-state index contributed by atoms with van der Waals surface area (Å²) in [6, 6.07) is 9.56. The van der Waals surface area contributed by atoms with E-state index in [0.29, 0.717) is 5.31 Å². The van der Waals surface area contributed by atoms with Crippen LogP contribution in [0.15, 0.2) is 35.6 Å². The molecule has 0 N–H and O–H groups in total. The Hall–Kier alpha value is -0.310. The van der Waals surface area contributed by atoms with Gasteiger partial charge in [0.15, 0.2) is 0 Å². The van der Waals surface area contributed by atoms with E-state index in [4.69, 9.17) is 32.2 Å². The van der Waals surface area contributed by atoms with Gasteiger partial charge in [0.05, 0.1) is 13.2 Å². The van der Waals surface area contributed by atoms with E-state index in [1.165, 1.54) is 0 Å². The highest BCUT2D eigenvalue weighted by molar-refractivity contribution is 7.58. The standard InChI is InChI=1S/C13H17Cl2O3P/c1-12(11-13-5-3-2-4-6-13)19(16,17-9-7-14)18-10-8-15/h2-6,11H,7-10H2,1H3/b12-11+. The summed E-state index contributed by atoms with van der Waals surface area (Å²) in [6.07, 6.45) is 1.78. The van der Waals surface area contributed by atoms with E-state index < -0.39 is 7.60 Å². The van der Waals surface area contributed by atoms with Crippen LogP contribution in [0.4, 0.5) is 0 Å². The zero-order chi connectivity index (χ0) is 14.1. The van der Waals surface area contributed by atoms with Crippen molar-refractivity contribution in [3.63, 3.8) is 0 Å². The van der Waals surface area contributed by atoms with E-state index in [2.05, 4.69) is 0 Å². The molecular weight excluding hydrogens is 306 g/mol. The number of halogens is 2. The number of allylic oxidation sites excluding steroid dienone is 1. The first-order valence-electron chi connectivity index (χ1n) is 5.87. The maximum atomic E-state index is 12.6. The molecule has 19 heavy (non-hydrogen) atoms. The van der Waals surface area contributed by atoms with Crippen molar-refractivity contribution in [3.05, 3.63) is 41.2 Å². The SMILES string of the molecule is C/C(=C\c1ccccc1)P(=O)(OCCCl)OCCCl. The van der Waals surface area contributed by atoms with Crippen LogP contribution < -0.4 is 0 Å². The second kappa shape index (κ2) is 8.78. The molecule has 0 fully saturated rings. The summed E-state index contributed by atoms with van der Waals surface area (Å²) in [4.78, 5) is 0. The van der Waals surface area contributed by atoms with Crippen molar-refractivity contribution in [3.8, 4) is 0 Å². The molecule has 0 saturated carbocycles. The van der Waals surface area contributed by atoms with E-state index in [1.54, 1.807) is 13.0 Å². The average molecular weight is 323 g/mol. The van der Waals surface area contributed by atoms with Crippen LogP contribution in [0.3, 0.4) is 0 Å². The normalized spacial score (nSPS) is 12.7. The molecule has 0 radical (unpaired) electrons. The molecule has 0 heterocycles. The second-order valence-electron chi connectivity index (χ2n) is 3.74. The summed E-state index contributed by atoms with van der Waals surface area (Å²) in [5, 5.41) is 0.536. The number of hydrogen-bond donors (Lipinski definition) is 0. The van der Waals surface area contributed by atoms with E-state index in [9.17, 15) is 4.57 Å². The quantitative estimate of drug-likeness (QED) is 0.511. The van der Waals surface area contributed by atoms with Crippen molar-refractivity contribution < 1.29 is 13.6 Å². The lowest BCUT2D eigenvalue weighted by Gasteiger charge is -2.18. The smallest absolute Gasteiger partial charge is 0.304 e. The van der Waals surface area contributed by atoms with Gasteiger partial charge in [-0.1, -0.05) is 30.3 Å². The van der Waals surface area contributed by atoms with Crippen molar-refractivity contribution in [2.24, 2.45) is 0 Å². The molecular formula is C13H17Cl2O3P. The molecule has 0 bridgehead atoms. The van der Waals surface area contributed by atoms with Crippen LogP contribution in [0.2, 0.25) is 0 Å². The Balaban J connectivity index is 2.90. The second-order valence-corrected chi connectivity index (χ2v) is 6.71. The predicted molar refractivity (Wildman–Crippen MR) is 81.0 cm³/mol. The monoisotopic (exact) mass is 322 g/mol. The Bertz CT molecular complexity index is 436. The van der Waals surface area contributed by atoms with Crippen LogP contribution >= 0.6 is 30.8 Å². The molecule has 0 atom stereocenters. The van der Waals surface area contributed by atoms with Gasteiger partial charge < -0.3 is 9.05 Å². The molecule has 0 aliphatic rings. The molecule has 1 aromatic rings. The Labute approximate surface area is 124 Å². The van der Waals surface area contributed by atoms with Crippen LogP contribution in [0.25, 0.3) is 6.08 Å². The third-order valence-corrected chi connectivity index (χ3v) is 4.63. The van der Waals surface area contributed by atoms with E-state index >= 15 is 0 Å². The van der Waals surface area contributed by atoms with Gasteiger partial charge >= 0.3 is 7.60 Å². The first kappa shape index (κ1) is 16.7. The minimum Gasteiger partial charge on any atom is -0.304 e. The van der Waals surface area contributed by atoms with E-state index in [0.717, 1.165) is 5.56 Å². The predicted octanol–water partition coefficient (Wildman–Crippen LogP) is 4.75. The third-order valence-electron chi connectivity index (χ3n) is 2.28. The maximum Gasteiger partial charge on any atom is 0.357 e. The third kappa shape index (κ3) is 5.68. The fraction of sp³-hybridized carbons (Fsp3) is 0.385. The van der Waals surface area contributed by atoms with E-state index in [1.807, 2.05) is 30.3 Å². The lowest BCUT2D eigenvalue weighted by Crippen LogP contribution is -2.02. The minimum absolute atomic E-state index is 0.168. The average Bonchev–Trinajstić information content (AvgIpc) is 2.44. The van der Waals surface area contributed by atoms with Crippen LogP contribution in [0.5, 0.6) is 0 Å². The number of benzene rings is 1. The number of hydrogen-bond acceptors (Lipinski definition) is 3. The van der Waals surface area contributed by atoms with Crippen molar-refractivity contribution in [2.75, 3.05) is 25.0 Å². The van der Waals surface area contributed by atoms with Crippen molar-refractivity contribution in [1.29, 1.82) is 0 Å². The van der Waals surface area contributed by atoms with Gasteiger partial charge in [0.1, 0.15) is 0 Å². The minimum atomic E-state index is -3.32. The van der Waals surface area contributed by atoms with Crippen molar-refractivity contribution in [1.82, 2.24) is 0 Å². The van der Waals surface area contributed by atoms with Crippen LogP contribution in [0.1, 0.15) is 12.5 Å². The van der Waals surface area contributed by atoms with Gasteiger partial charge in [0.2, 0.25) is 0 Å². The first-order chi connectivity index (χ1) is 9.12. The fourth-order valence-electron chi connectivity index (χ4n) is 1.42. The molecule has 1 rings (SSSR count). The summed E-state index contributed by atoms with van der Waals surface area (Å²) >= 11 is 11.1. The summed E-state index contributed by atoms with van der Waals surface area (Å²) < 4.78 is 23.2. The molecule has 0 spiro atoms. The van der Waals surface area contributed by atoms with Crippen molar-refractivity contribution in [2.45, 2.75) is 6.92 Å². The van der Waals surface area contributed by atoms with Crippen LogP contribution in [0, 0.1) is 0 Å². The van der Waals surface area contributed by atoms with Gasteiger partial charge in [-0.3, -0.25) is 4.57 Å². The Kier molecular flexibility index (Phi) is 7.74. The lowest BCUT2D eigenvalue weighted by atomic mass is 10.2. The van der Waals surface area contributed by atoms with Gasteiger partial charge in [-0.15, -0.1) is 23.2 Å². The summed E-state index contributed by atoms with van der Waals surface area (Å²) in [6.45, 7) is 2.05. The molecule has 6 heteroatoms.